The molecule has 3 aromatic rings. The molecule has 0 aliphatic heterocycles. The molecule has 0 saturated heterocycles. The number of para-hydroxylation sites is 2. The third-order valence-corrected chi connectivity index (χ3v) is 3.84. The molecular formula is C19H10Cl2N2O2. The van der Waals surface area contributed by atoms with Crippen LogP contribution >= 0.6 is 23.2 Å². The summed E-state index contributed by atoms with van der Waals surface area (Å²) in [5, 5.41) is 10.0. The smallest absolute Gasteiger partial charge is 0.238 e. The fourth-order valence-electron chi connectivity index (χ4n) is 2.21. The van der Waals surface area contributed by atoms with Gasteiger partial charge in [0.2, 0.25) is 5.89 Å². The molecule has 0 aliphatic rings. The first kappa shape index (κ1) is 16.9. The minimum absolute atomic E-state index is 0.0565. The van der Waals surface area contributed by atoms with Crippen molar-refractivity contribution >= 4 is 46.0 Å². The quantitative estimate of drug-likeness (QED) is 0.468. The number of rotatable bonds is 4. The number of ether oxygens (including phenoxy) is 1. The predicted octanol–water partition coefficient (Wildman–Crippen LogP) is 5.21. The fraction of sp³-hybridized carbons (Fsp3) is 0.0526. The molecule has 0 bridgehead atoms. The van der Waals surface area contributed by atoms with Crippen LogP contribution in [-0.4, -0.2) is 11.6 Å². The number of aromatic nitrogens is 1. The van der Waals surface area contributed by atoms with Gasteiger partial charge in [0.25, 0.3) is 0 Å². The number of benzene rings is 2. The van der Waals surface area contributed by atoms with Crippen molar-refractivity contribution in [1.82, 2.24) is 4.98 Å². The maximum atomic E-state index is 9.44. The van der Waals surface area contributed by atoms with Gasteiger partial charge in [0.1, 0.15) is 23.8 Å². The Labute approximate surface area is 154 Å². The molecule has 0 saturated carbocycles. The van der Waals surface area contributed by atoms with Crippen molar-refractivity contribution in [3.05, 3.63) is 57.9 Å². The zero-order valence-electron chi connectivity index (χ0n) is 12.8. The second-order valence-electron chi connectivity index (χ2n) is 4.96. The number of nitriles is 1. The van der Waals surface area contributed by atoms with E-state index in [0.717, 1.165) is 0 Å². The molecular weight excluding hydrogens is 359 g/mol. The maximum absolute atomic E-state index is 9.44. The number of hydrogen-bond acceptors (Lipinski definition) is 4. The van der Waals surface area contributed by atoms with Crippen molar-refractivity contribution in [2.75, 3.05) is 6.61 Å². The van der Waals surface area contributed by atoms with E-state index in [0.29, 0.717) is 32.5 Å². The van der Waals surface area contributed by atoms with Crippen LogP contribution < -0.4 is 4.74 Å². The lowest BCUT2D eigenvalue weighted by Gasteiger charge is -2.08. The van der Waals surface area contributed by atoms with Gasteiger partial charge in [-0.1, -0.05) is 41.3 Å². The van der Waals surface area contributed by atoms with E-state index in [9.17, 15) is 5.26 Å². The van der Waals surface area contributed by atoms with Crippen LogP contribution in [0.3, 0.4) is 0 Å². The topological polar surface area (TPSA) is 59.0 Å². The van der Waals surface area contributed by atoms with Crippen molar-refractivity contribution in [3.8, 4) is 24.2 Å². The molecule has 0 aliphatic carbocycles. The van der Waals surface area contributed by atoms with Gasteiger partial charge in [-0.15, -0.1) is 6.42 Å². The zero-order chi connectivity index (χ0) is 17.8. The van der Waals surface area contributed by atoms with Gasteiger partial charge in [-0.3, -0.25) is 0 Å². The van der Waals surface area contributed by atoms with Crippen LogP contribution in [0.4, 0.5) is 0 Å². The van der Waals surface area contributed by atoms with Crippen molar-refractivity contribution in [1.29, 1.82) is 5.26 Å². The van der Waals surface area contributed by atoms with Crippen molar-refractivity contribution in [3.63, 3.8) is 0 Å². The summed E-state index contributed by atoms with van der Waals surface area (Å²) < 4.78 is 10.9. The zero-order valence-corrected chi connectivity index (χ0v) is 14.3. The molecule has 0 amide bonds. The van der Waals surface area contributed by atoms with Crippen molar-refractivity contribution < 1.29 is 9.15 Å². The molecule has 0 atom stereocenters. The minimum atomic E-state index is 0.0565. The van der Waals surface area contributed by atoms with Crippen LogP contribution in [0.2, 0.25) is 10.0 Å². The first-order valence-corrected chi connectivity index (χ1v) is 7.91. The molecule has 2 aromatic carbocycles. The molecule has 0 fully saturated rings. The van der Waals surface area contributed by atoms with E-state index in [1.807, 2.05) is 18.2 Å². The summed E-state index contributed by atoms with van der Waals surface area (Å²) in [5.41, 5.74) is 2.14. The predicted molar refractivity (Wildman–Crippen MR) is 98.3 cm³/mol. The molecule has 0 spiro atoms. The van der Waals surface area contributed by atoms with Gasteiger partial charge in [-0.2, -0.15) is 5.26 Å². The summed E-state index contributed by atoms with van der Waals surface area (Å²) in [6.45, 7) is 0.0565. The van der Waals surface area contributed by atoms with Crippen LogP contribution in [0.25, 0.3) is 22.7 Å². The summed E-state index contributed by atoms with van der Waals surface area (Å²) in [6, 6.07) is 12.6. The van der Waals surface area contributed by atoms with Crippen LogP contribution in [0.1, 0.15) is 11.5 Å². The van der Waals surface area contributed by atoms with E-state index >= 15 is 0 Å². The molecule has 1 heterocycles. The monoisotopic (exact) mass is 368 g/mol. The Kier molecular flexibility index (Phi) is 4.95. The van der Waals surface area contributed by atoms with Crippen molar-refractivity contribution in [2.24, 2.45) is 0 Å². The number of terminal acetylenes is 1. The Morgan fingerprint density at radius 1 is 1.28 bits per heavy atom. The molecule has 3 rings (SSSR count). The molecule has 122 valence electrons. The second kappa shape index (κ2) is 7.32. The van der Waals surface area contributed by atoms with Gasteiger partial charge < -0.3 is 9.15 Å². The summed E-state index contributed by atoms with van der Waals surface area (Å²) >= 11 is 12.4. The third-order valence-electron chi connectivity index (χ3n) is 3.28. The van der Waals surface area contributed by atoms with E-state index in [2.05, 4.69) is 17.0 Å². The van der Waals surface area contributed by atoms with Crippen LogP contribution in [-0.2, 0) is 0 Å². The minimum Gasteiger partial charge on any atom is -0.478 e. The molecule has 6 heteroatoms. The van der Waals surface area contributed by atoms with E-state index in [-0.39, 0.29) is 18.1 Å². The maximum Gasteiger partial charge on any atom is 0.238 e. The van der Waals surface area contributed by atoms with Gasteiger partial charge in [0.15, 0.2) is 11.3 Å². The van der Waals surface area contributed by atoms with E-state index in [1.165, 1.54) is 0 Å². The lowest BCUT2D eigenvalue weighted by Crippen LogP contribution is -1.95. The van der Waals surface area contributed by atoms with Gasteiger partial charge in [0, 0.05) is 0 Å². The highest BCUT2D eigenvalue weighted by Crippen LogP contribution is 2.35. The molecule has 0 unspecified atom stereocenters. The lowest BCUT2D eigenvalue weighted by molar-refractivity contribution is 0.371. The molecule has 0 N–H and O–H groups in total. The SMILES string of the molecule is C#CCOc1c(Cl)cc(/C=C(\C#N)c2nc3ccccc3o2)cc1Cl. The third kappa shape index (κ3) is 3.61. The number of hydrogen-bond donors (Lipinski definition) is 0. The Balaban J connectivity index is 2.00. The van der Waals surface area contributed by atoms with E-state index < -0.39 is 0 Å². The highest BCUT2D eigenvalue weighted by atomic mass is 35.5. The Bertz CT molecular complexity index is 999. The average molecular weight is 369 g/mol. The Hall–Kier alpha value is -2.92. The first-order chi connectivity index (χ1) is 12.1. The largest absolute Gasteiger partial charge is 0.478 e. The van der Waals surface area contributed by atoms with Gasteiger partial charge in [-0.05, 0) is 35.9 Å². The normalized spacial score (nSPS) is 11.1. The Morgan fingerprint density at radius 2 is 2.00 bits per heavy atom. The summed E-state index contributed by atoms with van der Waals surface area (Å²) in [5.74, 6) is 2.88. The number of halogens is 2. The summed E-state index contributed by atoms with van der Waals surface area (Å²) in [4.78, 5) is 4.31. The van der Waals surface area contributed by atoms with Crippen LogP contribution in [0.15, 0.2) is 40.8 Å². The van der Waals surface area contributed by atoms with Gasteiger partial charge >= 0.3 is 0 Å². The Morgan fingerprint density at radius 3 is 2.64 bits per heavy atom. The number of oxazole rings is 1. The standard InChI is InChI=1S/C19H10Cl2N2O2/c1-2-7-24-18-14(20)9-12(10-15(18)21)8-13(11-22)19-23-16-5-3-4-6-17(16)25-19/h1,3-6,8-10H,7H2/b13-8+. The van der Waals surface area contributed by atoms with Crippen molar-refractivity contribution in [2.45, 2.75) is 0 Å². The van der Waals surface area contributed by atoms with Gasteiger partial charge in [0.05, 0.1) is 10.0 Å². The first-order valence-electron chi connectivity index (χ1n) is 7.15. The second-order valence-corrected chi connectivity index (χ2v) is 5.78. The van der Waals surface area contributed by atoms with Crippen LogP contribution in [0, 0.1) is 23.7 Å². The van der Waals surface area contributed by atoms with Gasteiger partial charge in [-0.25, -0.2) is 4.98 Å². The highest BCUT2D eigenvalue weighted by Gasteiger charge is 2.13. The molecule has 4 nitrogen and oxygen atoms in total. The highest BCUT2D eigenvalue weighted by molar-refractivity contribution is 6.37. The summed E-state index contributed by atoms with van der Waals surface area (Å²) in [7, 11) is 0. The number of nitrogens with zero attached hydrogens (tertiary/aromatic N) is 2. The fourth-order valence-corrected chi connectivity index (χ4v) is 2.82. The lowest BCUT2D eigenvalue weighted by atomic mass is 10.1. The van der Waals surface area contributed by atoms with Crippen LogP contribution in [0.5, 0.6) is 5.75 Å². The molecule has 1 aromatic heterocycles. The molecule has 0 radical (unpaired) electrons. The molecule has 25 heavy (non-hydrogen) atoms. The number of fused-ring (bicyclic) bond motifs is 1. The van der Waals surface area contributed by atoms with E-state index in [4.69, 9.17) is 38.8 Å². The average Bonchev–Trinajstić information content (AvgIpc) is 3.03. The number of allylic oxidation sites excluding steroid dienone is 1. The summed E-state index contributed by atoms with van der Waals surface area (Å²) in [6.07, 6.45) is 6.75. The van der Waals surface area contributed by atoms with E-state index in [1.54, 1.807) is 24.3 Å².